The van der Waals surface area contributed by atoms with E-state index in [1.807, 2.05) is 60.7 Å². The maximum Gasteiger partial charge on any atom is 0.261 e. The van der Waals surface area contributed by atoms with Crippen LogP contribution in [-0.2, 0) is 0 Å². The molecule has 1 N–H and O–H groups in total. The zero-order chi connectivity index (χ0) is 17.9. The van der Waals surface area contributed by atoms with Crippen molar-refractivity contribution in [1.82, 2.24) is 9.55 Å². The standard InChI is InChI=1S/C21H20N4O/c1-15-12-13-19(24-23-17-10-6-3-7-11-17)20-22-14-18(21(26)25(15)20)16-8-4-2-5-9-16/h2-11,14-15,23H,12-13H2,1H3. The van der Waals surface area contributed by atoms with Crippen LogP contribution in [0, 0.1) is 0 Å². The van der Waals surface area contributed by atoms with Gasteiger partial charge in [0, 0.05) is 12.2 Å². The van der Waals surface area contributed by atoms with Crippen molar-refractivity contribution in [3.8, 4) is 11.1 Å². The van der Waals surface area contributed by atoms with Crippen molar-refractivity contribution in [1.29, 1.82) is 0 Å². The van der Waals surface area contributed by atoms with Crippen molar-refractivity contribution in [2.75, 3.05) is 5.43 Å². The normalized spacial score (nSPS) is 17.7. The van der Waals surface area contributed by atoms with Crippen LogP contribution in [0.1, 0.15) is 31.6 Å². The van der Waals surface area contributed by atoms with E-state index in [9.17, 15) is 4.79 Å². The van der Waals surface area contributed by atoms with E-state index >= 15 is 0 Å². The summed E-state index contributed by atoms with van der Waals surface area (Å²) in [5, 5.41) is 4.52. The molecule has 2 aromatic carbocycles. The number of fused-ring (bicyclic) bond motifs is 1. The highest BCUT2D eigenvalue weighted by Gasteiger charge is 2.25. The van der Waals surface area contributed by atoms with Gasteiger partial charge in [0.2, 0.25) is 0 Å². The van der Waals surface area contributed by atoms with Gasteiger partial charge in [0.25, 0.3) is 5.56 Å². The van der Waals surface area contributed by atoms with Crippen molar-refractivity contribution in [2.45, 2.75) is 25.8 Å². The van der Waals surface area contributed by atoms with Gasteiger partial charge in [-0.15, -0.1) is 0 Å². The number of aromatic nitrogens is 2. The molecule has 4 rings (SSSR count). The largest absolute Gasteiger partial charge is 0.288 e. The summed E-state index contributed by atoms with van der Waals surface area (Å²) in [6.07, 6.45) is 3.32. The van der Waals surface area contributed by atoms with Gasteiger partial charge in [0.1, 0.15) is 5.71 Å². The SMILES string of the molecule is CC1CCC(=NNc2ccccc2)c2ncc(-c3ccccc3)c(=O)n21. The number of benzene rings is 2. The molecule has 1 aliphatic rings. The second kappa shape index (κ2) is 6.96. The molecule has 0 bridgehead atoms. The maximum atomic E-state index is 13.1. The molecule has 0 spiro atoms. The Morgan fingerprint density at radius 2 is 1.77 bits per heavy atom. The lowest BCUT2D eigenvalue weighted by Crippen LogP contribution is -2.35. The summed E-state index contributed by atoms with van der Waals surface area (Å²) >= 11 is 0. The van der Waals surface area contributed by atoms with Crippen molar-refractivity contribution >= 4 is 11.4 Å². The molecule has 0 amide bonds. The van der Waals surface area contributed by atoms with E-state index in [1.54, 1.807) is 10.8 Å². The Labute approximate surface area is 152 Å². The molecule has 0 radical (unpaired) electrons. The number of hydrazone groups is 1. The number of anilines is 1. The minimum Gasteiger partial charge on any atom is -0.288 e. The quantitative estimate of drug-likeness (QED) is 0.728. The van der Waals surface area contributed by atoms with Gasteiger partial charge >= 0.3 is 0 Å². The molecule has 5 heteroatoms. The summed E-state index contributed by atoms with van der Waals surface area (Å²) in [7, 11) is 0. The van der Waals surface area contributed by atoms with Gasteiger partial charge in [0.15, 0.2) is 5.82 Å². The van der Waals surface area contributed by atoms with Gasteiger partial charge in [-0.05, 0) is 37.5 Å². The summed E-state index contributed by atoms with van der Waals surface area (Å²) in [6, 6.07) is 19.5. The van der Waals surface area contributed by atoms with Crippen LogP contribution < -0.4 is 11.0 Å². The van der Waals surface area contributed by atoms with E-state index in [0.717, 1.165) is 29.8 Å². The summed E-state index contributed by atoms with van der Waals surface area (Å²) in [4.78, 5) is 17.7. The van der Waals surface area contributed by atoms with Crippen LogP contribution in [0.5, 0.6) is 0 Å². The Morgan fingerprint density at radius 1 is 1.08 bits per heavy atom. The minimum absolute atomic E-state index is 0.0131. The van der Waals surface area contributed by atoms with E-state index < -0.39 is 0 Å². The zero-order valence-corrected chi connectivity index (χ0v) is 14.6. The topological polar surface area (TPSA) is 59.3 Å². The fraction of sp³-hybridized carbons (Fsp3) is 0.190. The Morgan fingerprint density at radius 3 is 2.50 bits per heavy atom. The fourth-order valence-electron chi connectivity index (χ4n) is 3.24. The highest BCUT2D eigenvalue weighted by atomic mass is 16.1. The summed E-state index contributed by atoms with van der Waals surface area (Å²) < 4.78 is 1.78. The number of nitrogens with zero attached hydrogens (tertiary/aromatic N) is 3. The van der Waals surface area contributed by atoms with E-state index in [-0.39, 0.29) is 11.6 Å². The van der Waals surface area contributed by atoms with Crippen LogP contribution in [-0.4, -0.2) is 15.3 Å². The molecule has 2 heterocycles. The first-order valence-corrected chi connectivity index (χ1v) is 8.79. The minimum atomic E-state index is -0.0131. The molecule has 5 nitrogen and oxygen atoms in total. The average Bonchev–Trinajstić information content (AvgIpc) is 2.69. The zero-order valence-electron chi connectivity index (χ0n) is 14.6. The highest BCUT2D eigenvalue weighted by Crippen LogP contribution is 2.24. The Balaban J connectivity index is 1.75. The first kappa shape index (κ1) is 16.3. The number of nitrogens with one attached hydrogen (secondary N) is 1. The Bertz CT molecular complexity index is 994. The monoisotopic (exact) mass is 344 g/mol. The third-order valence-corrected chi connectivity index (χ3v) is 4.67. The van der Waals surface area contributed by atoms with Gasteiger partial charge in [-0.3, -0.25) is 14.8 Å². The molecule has 0 saturated carbocycles. The van der Waals surface area contributed by atoms with Gasteiger partial charge in [-0.2, -0.15) is 5.10 Å². The first-order chi connectivity index (χ1) is 12.7. The van der Waals surface area contributed by atoms with Crippen LogP contribution in [0.4, 0.5) is 5.69 Å². The van der Waals surface area contributed by atoms with E-state index in [4.69, 9.17) is 0 Å². The molecule has 1 aliphatic heterocycles. The van der Waals surface area contributed by atoms with E-state index in [0.29, 0.717) is 11.4 Å². The molecule has 0 aliphatic carbocycles. The molecular weight excluding hydrogens is 324 g/mol. The molecule has 1 aromatic heterocycles. The number of hydrogen-bond acceptors (Lipinski definition) is 4. The maximum absolute atomic E-state index is 13.1. The van der Waals surface area contributed by atoms with Crippen LogP contribution in [0.2, 0.25) is 0 Å². The second-order valence-electron chi connectivity index (χ2n) is 6.46. The average molecular weight is 344 g/mol. The van der Waals surface area contributed by atoms with Crippen molar-refractivity contribution in [2.24, 2.45) is 5.10 Å². The molecule has 1 atom stereocenters. The third-order valence-electron chi connectivity index (χ3n) is 4.67. The lowest BCUT2D eigenvalue weighted by Gasteiger charge is -2.25. The third kappa shape index (κ3) is 3.04. The predicted molar refractivity (Wildman–Crippen MR) is 104 cm³/mol. The molecule has 26 heavy (non-hydrogen) atoms. The van der Waals surface area contributed by atoms with Crippen molar-refractivity contribution in [3.63, 3.8) is 0 Å². The van der Waals surface area contributed by atoms with Crippen LogP contribution in [0.25, 0.3) is 11.1 Å². The highest BCUT2D eigenvalue weighted by molar-refractivity contribution is 5.98. The summed E-state index contributed by atoms with van der Waals surface area (Å²) in [5.41, 5.74) is 6.29. The smallest absolute Gasteiger partial charge is 0.261 e. The molecule has 130 valence electrons. The van der Waals surface area contributed by atoms with Crippen LogP contribution >= 0.6 is 0 Å². The van der Waals surface area contributed by atoms with Crippen LogP contribution in [0.3, 0.4) is 0 Å². The summed E-state index contributed by atoms with van der Waals surface area (Å²) in [6.45, 7) is 2.06. The second-order valence-corrected chi connectivity index (χ2v) is 6.46. The van der Waals surface area contributed by atoms with E-state index in [2.05, 4.69) is 22.4 Å². The lowest BCUT2D eigenvalue weighted by molar-refractivity contribution is 0.472. The Kier molecular flexibility index (Phi) is 4.35. The van der Waals surface area contributed by atoms with Crippen molar-refractivity contribution in [3.05, 3.63) is 83.0 Å². The van der Waals surface area contributed by atoms with Gasteiger partial charge in [0.05, 0.1) is 11.3 Å². The first-order valence-electron chi connectivity index (χ1n) is 8.79. The molecule has 1 unspecified atom stereocenters. The molecule has 0 fully saturated rings. The molecule has 3 aromatic rings. The van der Waals surface area contributed by atoms with E-state index in [1.165, 1.54) is 0 Å². The number of rotatable bonds is 3. The summed E-state index contributed by atoms with van der Waals surface area (Å²) in [5.74, 6) is 0.650. The predicted octanol–water partition coefficient (Wildman–Crippen LogP) is 4.08. The van der Waals surface area contributed by atoms with Gasteiger partial charge < -0.3 is 0 Å². The van der Waals surface area contributed by atoms with Gasteiger partial charge in [-0.25, -0.2) is 4.98 Å². The van der Waals surface area contributed by atoms with Crippen molar-refractivity contribution < 1.29 is 0 Å². The Hall–Kier alpha value is -3.21. The molecule has 0 saturated heterocycles. The molecular formula is C21H20N4O. The van der Waals surface area contributed by atoms with Crippen LogP contribution in [0.15, 0.2) is 76.8 Å². The number of hydrogen-bond donors (Lipinski definition) is 1. The van der Waals surface area contributed by atoms with Gasteiger partial charge in [-0.1, -0.05) is 48.5 Å². The lowest BCUT2D eigenvalue weighted by atomic mass is 10.0. The fourth-order valence-corrected chi connectivity index (χ4v) is 3.24. The number of para-hydroxylation sites is 1.